The van der Waals surface area contributed by atoms with E-state index in [9.17, 15) is 9.59 Å². The summed E-state index contributed by atoms with van der Waals surface area (Å²) in [7, 11) is 0. The van der Waals surface area contributed by atoms with E-state index < -0.39 is 5.41 Å². The lowest BCUT2D eigenvalue weighted by Gasteiger charge is -2.23. The molecule has 0 aromatic rings. The topological polar surface area (TPSA) is 34.1 Å². The zero-order chi connectivity index (χ0) is 11.3. The second-order valence-corrected chi connectivity index (χ2v) is 4.27. The lowest BCUT2D eigenvalue weighted by Crippen LogP contribution is -2.32. The Labute approximate surface area is 91.4 Å². The molecule has 0 unspecified atom stereocenters. The van der Waals surface area contributed by atoms with Gasteiger partial charge in [0.1, 0.15) is 11.6 Å². The highest BCUT2D eigenvalue weighted by molar-refractivity contribution is 6.13. The number of unbranched alkanes of at least 4 members (excludes halogenated alkanes) is 2. The Morgan fingerprint density at radius 2 is 1.87 bits per heavy atom. The first-order valence-corrected chi connectivity index (χ1v) is 5.67. The maximum absolute atomic E-state index is 11.8. The zero-order valence-electron chi connectivity index (χ0n) is 9.34. The summed E-state index contributed by atoms with van der Waals surface area (Å²) in [6.45, 7) is 2.10. The Morgan fingerprint density at radius 3 is 2.33 bits per heavy atom. The predicted octanol–water partition coefficient (Wildman–Crippen LogP) is 2.51. The molecule has 0 aromatic heterocycles. The second kappa shape index (κ2) is 5.11. The molecule has 1 aliphatic carbocycles. The Kier molecular flexibility index (Phi) is 4.08. The fraction of sp³-hybridized carbons (Fsp3) is 0.692. The Bertz CT molecular complexity index is 280. The monoisotopic (exact) mass is 206 g/mol. The van der Waals surface area contributed by atoms with Crippen molar-refractivity contribution in [2.45, 2.75) is 51.9 Å². The number of hydrogen-bond acceptors (Lipinski definition) is 2. The van der Waals surface area contributed by atoms with Crippen LogP contribution in [0.5, 0.6) is 0 Å². The van der Waals surface area contributed by atoms with Crippen molar-refractivity contribution >= 4 is 11.6 Å². The molecule has 0 heterocycles. The molecule has 0 atom stereocenters. The van der Waals surface area contributed by atoms with E-state index >= 15 is 0 Å². The molecule has 82 valence electrons. The van der Waals surface area contributed by atoms with Crippen LogP contribution in [-0.2, 0) is 9.59 Å². The van der Waals surface area contributed by atoms with Crippen molar-refractivity contribution in [3.05, 3.63) is 0 Å². The molecule has 0 aromatic carbocycles. The Morgan fingerprint density at radius 1 is 1.27 bits per heavy atom. The predicted molar refractivity (Wildman–Crippen MR) is 59.3 cm³/mol. The highest BCUT2D eigenvalue weighted by atomic mass is 16.2. The molecule has 2 nitrogen and oxygen atoms in total. The summed E-state index contributed by atoms with van der Waals surface area (Å²) in [6, 6.07) is 0. The van der Waals surface area contributed by atoms with Crippen LogP contribution in [0.25, 0.3) is 0 Å². The van der Waals surface area contributed by atoms with E-state index in [0.717, 1.165) is 19.3 Å². The van der Waals surface area contributed by atoms with Crippen molar-refractivity contribution in [2.24, 2.45) is 5.41 Å². The van der Waals surface area contributed by atoms with Crippen LogP contribution in [-0.4, -0.2) is 11.6 Å². The molecular weight excluding hydrogens is 188 g/mol. The molecule has 0 spiro atoms. The van der Waals surface area contributed by atoms with E-state index in [0.29, 0.717) is 25.7 Å². The standard InChI is InChI=1S/C13H18O2/c1-3-5-6-10-13(9-4-2)11(14)7-8-12(13)15/h2H,3,5-10H2,1H3. The summed E-state index contributed by atoms with van der Waals surface area (Å²) < 4.78 is 0. The molecule has 0 N–H and O–H groups in total. The lowest BCUT2D eigenvalue weighted by molar-refractivity contribution is -0.135. The fourth-order valence-electron chi connectivity index (χ4n) is 2.28. The minimum atomic E-state index is -0.802. The van der Waals surface area contributed by atoms with Crippen LogP contribution in [0, 0.1) is 17.8 Å². The first-order valence-electron chi connectivity index (χ1n) is 5.67. The highest BCUT2D eigenvalue weighted by Crippen LogP contribution is 2.39. The van der Waals surface area contributed by atoms with Gasteiger partial charge in [-0.15, -0.1) is 12.3 Å². The number of carbonyl (C=O) groups is 2. The van der Waals surface area contributed by atoms with Gasteiger partial charge in [0.25, 0.3) is 0 Å². The van der Waals surface area contributed by atoms with Crippen LogP contribution in [0.2, 0.25) is 0 Å². The molecule has 0 amide bonds. The molecular formula is C13H18O2. The lowest BCUT2D eigenvalue weighted by atomic mass is 9.76. The maximum atomic E-state index is 11.8. The van der Waals surface area contributed by atoms with Gasteiger partial charge >= 0.3 is 0 Å². The molecule has 1 saturated carbocycles. The van der Waals surface area contributed by atoms with Crippen molar-refractivity contribution in [2.75, 3.05) is 0 Å². The third-order valence-corrected chi connectivity index (χ3v) is 3.26. The van der Waals surface area contributed by atoms with Crippen molar-refractivity contribution in [3.63, 3.8) is 0 Å². The summed E-state index contributed by atoms with van der Waals surface area (Å²) in [5.74, 6) is 2.64. The van der Waals surface area contributed by atoms with Gasteiger partial charge in [0.2, 0.25) is 0 Å². The van der Waals surface area contributed by atoms with Crippen LogP contribution in [0.4, 0.5) is 0 Å². The first kappa shape index (κ1) is 12.0. The third kappa shape index (κ3) is 2.28. The van der Waals surface area contributed by atoms with Crippen molar-refractivity contribution < 1.29 is 9.59 Å². The summed E-state index contributed by atoms with van der Waals surface area (Å²) >= 11 is 0. The minimum absolute atomic E-state index is 0.0709. The van der Waals surface area contributed by atoms with E-state index in [1.165, 1.54) is 0 Å². The van der Waals surface area contributed by atoms with Gasteiger partial charge in [-0.25, -0.2) is 0 Å². The number of Topliss-reactive ketones (excluding diaryl/α,β-unsaturated/α-hetero) is 2. The second-order valence-electron chi connectivity index (χ2n) is 4.27. The number of carbonyl (C=O) groups excluding carboxylic acids is 2. The largest absolute Gasteiger partial charge is 0.299 e. The summed E-state index contributed by atoms with van der Waals surface area (Å²) in [4.78, 5) is 23.5. The summed E-state index contributed by atoms with van der Waals surface area (Å²) in [5.41, 5.74) is -0.802. The van der Waals surface area contributed by atoms with Crippen LogP contribution in [0.3, 0.4) is 0 Å². The van der Waals surface area contributed by atoms with Gasteiger partial charge < -0.3 is 0 Å². The van der Waals surface area contributed by atoms with Gasteiger partial charge in [-0.05, 0) is 6.42 Å². The molecule has 2 heteroatoms. The summed E-state index contributed by atoms with van der Waals surface area (Å²) in [5, 5.41) is 0. The number of rotatable bonds is 5. The van der Waals surface area contributed by atoms with Gasteiger partial charge in [-0.1, -0.05) is 26.2 Å². The van der Waals surface area contributed by atoms with Crippen molar-refractivity contribution in [1.82, 2.24) is 0 Å². The SMILES string of the molecule is C#CCC1(CCCCC)C(=O)CCC1=O. The molecule has 0 radical (unpaired) electrons. The van der Waals surface area contributed by atoms with E-state index in [1.807, 2.05) is 0 Å². The molecule has 1 aliphatic rings. The van der Waals surface area contributed by atoms with Gasteiger partial charge in [0.05, 0.1) is 5.41 Å². The van der Waals surface area contributed by atoms with Crippen LogP contribution < -0.4 is 0 Å². The van der Waals surface area contributed by atoms with Crippen molar-refractivity contribution in [3.8, 4) is 12.3 Å². The number of ketones is 2. The molecule has 1 fully saturated rings. The average Bonchev–Trinajstić information content (AvgIpc) is 2.48. The van der Waals surface area contributed by atoms with Gasteiger partial charge in [-0.2, -0.15) is 0 Å². The zero-order valence-corrected chi connectivity index (χ0v) is 9.34. The smallest absolute Gasteiger partial charge is 0.147 e. The minimum Gasteiger partial charge on any atom is -0.299 e. The average molecular weight is 206 g/mol. The normalized spacial score (nSPS) is 19.2. The number of terminal acetylenes is 1. The van der Waals surface area contributed by atoms with E-state index in [1.54, 1.807) is 0 Å². The maximum Gasteiger partial charge on any atom is 0.147 e. The molecule has 0 aliphatic heterocycles. The van der Waals surface area contributed by atoms with Gasteiger partial charge in [-0.3, -0.25) is 9.59 Å². The first-order chi connectivity index (χ1) is 7.17. The highest BCUT2D eigenvalue weighted by Gasteiger charge is 2.47. The Hall–Kier alpha value is -1.10. The van der Waals surface area contributed by atoms with Crippen molar-refractivity contribution in [1.29, 1.82) is 0 Å². The third-order valence-electron chi connectivity index (χ3n) is 3.26. The van der Waals surface area contributed by atoms with E-state index in [4.69, 9.17) is 6.42 Å². The van der Waals surface area contributed by atoms with E-state index in [-0.39, 0.29) is 11.6 Å². The fourth-order valence-corrected chi connectivity index (χ4v) is 2.28. The van der Waals surface area contributed by atoms with Gasteiger partial charge in [0, 0.05) is 19.3 Å². The molecule has 15 heavy (non-hydrogen) atoms. The van der Waals surface area contributed by atoms with E-state index in [2.05, 4.69) is 12.8 Å². The Balaban J connectivity index is 2.73. The summed E-state index contributed by atoms with van der Waals surface area (Å²) in [6.07, 6.45) is 10.1. The van der Waals surface area contributed by atoms with Crippen LogP contribution in [0.1, 0.15) is 51.9 Å². The number of hydrogen-bond donors (Lipinski definition) is 0. The van der Waals surface area contributed by atoms with Gasteiger partial charge in [0.15, 0.2) is 0 Å². The quantitative estimate of drug-likeness (QED) is 0.393. The molecule has 0 bridgehead atoms. The molecule has 0 saturated heterocycles. The van der Waals surface area contributed by atoms with Crippen LogP contribution in [0.15, 0.2) is 0 Å². The molecule has 1 rings (SSSR count). The van der Waals surface area contributed by atoms with Crippen LogP contribution >= 0.6 is 0 Å².